The van der Waals surface area contributed by atoms with Crippen molar-refractivity contribution in [1.82, 2.24) is 14.9 Å². The highest BCUT2D eigenvalue weighted by Crippen LogP contribution is 2.23. The van der Waals surface area contributed by atoms with Crippen molar-refractivity contribution < 1.29 is 8.42 Å². The second kappa shape index (κ2) is 5.76. The van der Waals surface area contributed by atoms with Gasteiger partial charge in [-0.2, -0.15) is 0 Å². The van der Waals surface area contributed by atoms with Gasteiger partial charge in [0, 0.05) is 25.2 Å². The normalized spacial score (nSPS) is 13.3. The molecule has 20 heavy (non-hydrogen) atoms. The van der Waals surface area contributed by atoms with E-state index in [2.05, 4.69) is 10.3 Å². The molecule has 2 aromatic rings. The summed E-state index contributed by atoms with van der Waals surface area (Å²) >= 11 is 0. The van der Waals surface area contributed by atoms with E-state index in [0.717, 1.165) is 17.9 Å². The highest BCUT2D eigenvalue weighted by molar-refractivity contribution is 7.90. The molecule has 1 unspecified atom stereocenters. The third-order valence-electron chi connectivity index (χ3n) is 3.25. The van der Waals surface area contributed by atoms with E-state index < -0.39 is 9.84 Å². The van der Waals surface area contributed by atoms with Crippen molar-refractivity contribution >= 4 is 9.84 Å². The lowest BCUT2D eigenvalue weighted by Gasteiger charge is -2.18. The number of hydrogen-bond donors (Lipinski definition) is 1. The molecule has 0 fully saturated rings. The lowest BCUT2D eigenvalue weighted by atomic mass is 10.1. The van der Waals surface area contributed by atoms with E-state index >= 15 is 0 Å². The first-order chi connectivity index (χ1) is 9.47. The van der Waals surface area contributed by atoms with Gasteiger partial charge in [-0.1, -0.05) is 12.1 Å². The van der Waals surface area contributed by atoms with Gasteiger partial charge < -0.3 is 9.88 Å². The molecule has 0 aliphatic carbocycles. The Bertz CT molecular complexity index is 692. The van der Waals surface area contributed by atoms with Crippen LogP contribution in [-0.2, 0) is 16.4 Å². The quantitative estimate of drug-likeness (QED) is 0.910. The number of nitrogens with one attached hydrogen (secondary N) is 1. The molecule has 1 aromatic heterocycles. The summed E-state index contributed by atoms with van der Waals surface area (Å²) < 4.78 is 25.4. The van der Waals surface area contributed by atoms with E-state index in [1.807, 2.05) is 30.8 Å². The van der Waals surface area contributed by atoms with Crippen molar-refractivity contribution in [1.29, 1.82) is 0 Å². The number of aromatic nitrogens is 2. The summed E-state index contributed by atoms with van der Waals surface area (Å²) in [5.41, 5.74) is 0.885. The number of sulfone groups is 1. The summed E-state index contributed by atoms with van der Waals surface area (Å²) in [5.74, 6) is 0.876. The Kier molecular flexibility index (Phi) is 4.25. The number of rotatable bonds is 5. The molecule has 0 aliphatic heterocycles. The molecule has 0 radical (unpaired) electrons. The second-order valence-electron chi connectivity index (χ2n) is 4.64. The fraction of sp³-hybridized carbons (Fsp3) is 0.357. The summed E-state index contributed by atoms with van der Waals surface area (Å²) in [6.07, 6.45) is 4.89. The molecule has 1 aromatic carbocycles. The zero-order valence-corrected chi connectivity index (χ0v) is 12.7. The summed E-state index contributed by atoms with van der Waals surface area (Å²) in [7, 11) is -1.37. The monoisotopic (exact) mass is 293 g/mol. The Hall–Kier alpha value is -1.66. The molecule has 6 heteroatoms. The molecule has 5 nitrogen and oxygen atoms in total. The largest absolute Gasteiger partial charge is 0.334 e. The van der Waals surface area contributed by atoms with Gasteiger partial charge in [-0.15, -0.1) is 0 Å². The molecule has 0 bridgehead atoms. The van der Waals surface area contributed by atoms with Crippen molar-refractivity contribution in [2.75, 3.05) is 13.3 Å². The molecular formula is C14H19N3O2S. The zero-order valence-electron chi connectivity index (χ0n) is 11.9. The maximum absolute atomic E-state index is 11.7. The SMILES string of the molecule is CCn1ccnc1C(NC)c1cccc(S(C)(=O)=O)c1. The fourth-order valence-corrected chi connectivity index (χ4v) is 2.89. The molecule has 0 saturated heterocycles. The van der Waals surface area contributed by atoms with E-state index in [1.165, 1.54) is 6.26 Å². The van der Waals surface area contributed by atoms with Gasteiger partial charge in [0.1, 0.15) is 5.82 Å². The lowest BCUT2D eigenvalue weighted by Crippen LogP contribution is -2.22. The van der Waals surface area contributed by atoms with Gasteiger partial charge in [-0.05, 0) is 31.7 Å². The number of imidazole rings is 1. The van der Waals surface area contributed by atoms with Gasteiger partial charge in [0.25, 0.3) is 0 Å². The van der Waals surface area contributed by atoms with Crippen LogP contribution in [0.1, 0.15) is 24.4 Å². The molecular weight excluding hydrogens is 274 g/mol. The predicted octanol–water partition coefficient (Wildman–Crippen LogP) is 1.62. The third kappa shape index (κ3) is 2.91. The van der Waals surface area contributed by atoms with Crippen molar-refractivity contribution in [3.63, 3.8) is 0 Å². The minimum absolute atomic E-state index is 0.133. The number of benzene rings is 1. The van der Waals surface area contributed by atoms with Crippen LogP contribution in [0, 0.1) is 0 Å². The maximum atomic E-state index is 11.7. The molecule has 2 rings (SSSR count). The first-order valence-electron chi connectivity index (χ1n) is 6.45. The molecule has 1 heterocycles. The maximum Gasteiger partial charge on any atom is 0.175 e. The van der Waals surface area contributed by atoms with E-state index in [1.54, 1.807) is 24.4 Å². The average Bonchev–Trinajstić information content (AvgIpc) is 2.87. The van der Waals surface area contributed by atoms with Crippen LogP contribution in [0.25, 0.3) is 0 Å². The molecule has 0 saturated carbocycles. The Morgan fingerprint density at radius 2 is 2.15 bits per heavy atom. The highest BCUT2D eigenvalue weighted by atomic mass is 32.2. The van der Waals surface area contributed by atoms with Crippen LogP contribution in [-0.4, -0.2) is 31.3 Å². The lowest BCUT2D eigenvalue weighted by molar-refractivity contribution is 0.587. The summed E-state index contributed by atoms with van der Waals surface area (Å²) in [5, 5.41) is 3.20. The third-order valence-corrected chi connectivity index (χ3v) is 4.37. The number of aryl methyl sites for hydroxylation is 1. The summed E-state index contributed by atoms with van der Waals surface area (Å²) in [4.78, 5) is 4.70. The summed E-state index contributed by atoms with van der Waals surface area (Å²) in [6, 6.07) is 6.84. The first kappa shape index (κ1) is 14.7. The van der Waals surface area contributed by atoms with Gasteiger partial charge >= 0.3 is 0 Å². The van der Waals surface area contributed by atoms with Gasteiger partial charge in [0.15, 0.2) is 9.84 Å². The molecule has 1 atom stereocenters. The van der Waals surface area contributed by atoms with E-state index in [9.17, 15) is 8.42 Å². The van der Waals surface area contributed by atoms with Crippen molar-refractivity contribution in [2.45, 2.75) is 24.4 Å². The topological polar surface area (TPSA) is 64.0 Å². The van der Waals surface area contributed by atoms with Crippen LogP contribution in [0.4, 0.5) is 0 Å². The van der Waals surface area contributed by atoms with Gasteiger partial charge in [0.05, 0.1) is 10.9 Å². The number of hydrogen-bond acceptors (Lipinski definition) is 4. The summed E-state index contributed by atoms with van der Waals surface area (Å²) in [6.45, 7) is 2.87. The molecule has 0 aliphatic rings. The van der Waals surface area contributed by atoms with Crippen LogP contribution >= 0.6 is 0 Å². The fourth-order valence-electron chi connectivity index (χ4n) is 2.22. The average molecular weight is 293 g/mol. The van der Waals surface area contributed by atoms with E-state index in [4.69, 9.17) is 0 Å². The Labute approximate surface area is 119 Å². The van der Waals surface area contributed by atoms with E-state index in [0.29, 0.717) is 4.90 Å². The van der Waals surface area contributed by atoms with Crippen LogP contribution in [0.3, 0.4) is 0 Å². The van der Waals surface area contributed by atoms with Crippen LogP contribution in [0.15, 0.2) is 41.6 Å². The van der Waals surface area contributed by atoms with Crippen molar-refractivity contribution in [3.05, 3.63) is 48.0 Å². The number of nitrogens with zero attached hydrogens (tertiary/aromatic N) is 2. The predicted molar refractivity (Wildman–Crippen MR) is 78.4 cm³/mol. The Balaban J connectivity index is 2.48. The first-order valence-corrected chi connectivity index (χ1v) is 8.34. The minimum atomic E-state index is -3.21. The van der Waals surface area contributed by atoms with Gasteiger partial charge in [-0.3, -0.25) is 0 Å². The molecule has 108 valence electrons. The molecule has 1 N–H and O–H groups in total. The minimum Gasteiger partial charge on any atom is -0.334 e. The zero-order chi connectivity index (χ0) is 14.8. The highest BCUT2D eigenvalue weighted by Gasteiger charge is 2.18. The van der Waals surface area contributed by atoms with Gasteiger partial charge in [-0.25, -0.2) is 13.4 Å². The van der Waals surface area contributed by atoms with Crippen LogP contribution in [0.2, 0.25) is 0 Å². The Morgan fingerprint density at radius 3 is 2.75 bits per heavy atom. The van der Waals surface area contributed by atoms with Gasteiger partial charge in [0.2, 0.25) is 0 Å². The van der Waals surface area contributed by atoms with Crippen molar-refractivity contribution in [3.8, 4) is 0 Å². The molecule has 0 amide bonds. The van der Waals surface area contributed by atoms with Crippen molar-refractivity contribution in [2.24, 2.45) is 0 Å². The Morgan fingerprint density at radius 1 is 1.40 bits per heavy atom. The van der Waals surface area contributed by atoms with E-state index in [-0.39, 0.29) is 6.04 Å². The second-order valence-corrected chi connectivity index (χ2v) is 6.65. The van der Waals surface area contributed by atoms with Crippen LogP contribution < -0.4 is 5.32 Å². The smallest absolute Gasteiger partial charge is 0.175 e. The molecule has 0 spiro atoms. The van der Waals surface area contributed by atoms with Crippen LogP contribution in [0.5, 0.6) is 0 Å². The standard InChI is InChI=1S/C14H19N3O2S/c1-4-17-9-8-16-14(17)13(15-2)11-6-5-7-12(10-11)20(3,18)19/h5-10,13,15H,4H2,1-3H3.